The van der Waals surface area contributed by atoms with Gasteiger partial charge in [-0.15, -0.1) is 0 Å². The van der Waals surface area contributed by atoms with Crippen molar-refractivity contribution in [2.45, 2.75) is 0 Å². The zero-order chi connectivity index (χ0) is 31.0. The van der Waals surface area contributed by atoms with E-state index in [0.29, 0.717) is 11.1 Å². The van der Waals surface area contributed by atoms with Crippen LogP contribution in [0.4, 0.5) is 17.6 Å². The lowest BCUT2D eigenvalue weighted by Crippen LogP contribution is -2.59. The van der Waals surface area contributed by atoms with E-state index in [1.54, 1.807) is 12.1 Å². The Morgan fingerprint density at radius 1 is 0.311 bits per heavy atom. The van der Waals surface area contributed by atoms with Crippen LogP contribution in [0, 0.1) is 23.3 Å². The molecule has 1 heterocycles. The molecular weight excluding hydrogens is 585 g/mol. The molecule has 0 aromatic heterocycles. The van der Waals surface area contributed by atoms with Gasteiger partial charge in [0.1, 0.15) is 0 Å². The van der Waals surface area contributed by atoms with Gasteiger partial charge in [-0.25, -0.2) is 17.6 Å². The van der Waals surface area contributed by atoms with Crippen LogP contribution in [0.25, 0.3) is 21.5 Å². The van der Waals surface area contributed by atoms with E-state index in [9.17, 15) is 8.78 Å². The van der Waals surface area contributed by atoms with E-state index in [2.05, 4.69) is 24.3 Å². The van der Waals surface area contributed by atoms with E-state index in [1.165, 1.54) is 12.1 Å². The molecule has 0 unspecified atom stereocenters. The Labute approximate surface area is 260 Å². The molecule has 0 saturated carbocycles. The summed E-state index contributed by atoms with van der Waals surface area (Å²) in [6.07, 6.45) is 0. The first kappa shape index (κ1) is 28.5. The van der Waals surface area contributed by atoms with Gasteiger partial charge >= 0.3 is 0 Å². The van der Waals surface area contributed by atoms with E-state index in [1.807, 2.05) is 97.1 Å². The van der Waals surface area contributed by atoms with E-state index in [-0.39, 0.29) is 0 Å². The quantitative estimate of drug-likeness (QED) is 0.130. The predicted octanol–water partition coefficient (Wildman–Crippen LogP) is 9.12. The summed E-state index contributed by atoms with van der Waals surface area (Å²) in [4.78, 5) is 0. The highest BCUT2D eigenvalue weighted by Crippen LogP contribution is 2.55. The predicted molar refractivity (Wildman–Crippen MR) is 177 cm³/mol. The van der Waals surface area contributed by atoms with Gasteiger partial charge in [-0.2, -0.15) is 0 Å². The largest absolute Gasteiger partial charge is 0.204 e. The van der Waals surface area contributed by atoms with Crippen molar-refractivity contribution in [3.05, 3.63) is 203 Å². The van der Waals surface area contributed by atoms with E-state index >= 15 is 8.78 Å². The van der Waals surface area contributed by atoms with Gasteiger partial charge in [0.2, 0.25) is 0 Å². The minimum Gasteiger partial charge on any atom is -0.204 e. The molecule has 0 atom stereocenters. The number of rotatable bonds is 6. The van der Waals surface area contributed by atoms with Crippen LogP contribution in [0.3, 0.4) is 0 Å². The zero-order valence-electron chi connectivity index (χ0n) is 24.0. The van der Waals surface area contributed by atoms with Gasteiger partial charge < -0.3 is 0 Å². The molecule has 45 heavy (non-hydrogen) atoms. The molecule has 0 radical (unpaired) electrons. The lowest BCUT2D eigenvalue weighted by molar-refractivity contribution is 0.508. The third-order valence-electron chi connectivity index (χ3n) is 8.46. The molecule has 0 nitrogen and oxygen atoms in total. The fourth-order valence-corrected chi connectivity index (χ4v) is 12.3. The molecule has 6 aromatic carbocycles. The van der Waals surface area contributed by atoms with Crippen LogP contribution in [0.15, 0.2) is 158 Å². The van der Waals surface area contributed by atoms with Crippen LogP contribution in [0.1, 0.15) is 22.3 Å². The van der Waals surface area contributed by atoms with Crippen molar-refractivity contribution in [2.24, 2.45) is 0 Å². The summed E-state index contributed by atoms with van der Waals surface area (Å²) in [5, 5.41) is 3.61. The molecule has 1 aliphatic heterocycles. The van der Waals surface area contributed by atoms with Gasteiger partial charge in [0.05, 0.1) is 0 Å². The molecule has 0 aliphatic carbocycles. The number of hydrogen-bond acceptors (Lipinski definition) is 0. The fourth-order valence-electron chi connectivity index (χ4n) is 6.68. The Bertz CT molecular complexity index is 1920. The first-order valence-electron chi connectivity index (χ1n) is 14.6. The Balaban J connectivity index is 1.78. The van der Waals surface area contributed by atoms with Crippen molar-refractivity contribution in [3.63, 3.8) is 0 Å². The number of halogens is 4. The van der Waals surface area contributed by atoms with Crippen molar-refractivity contribution in [1.82, 2.24) is 0 Å². The third kappa shape index (κ3) is 4.77. The number of hydrogen-bond donors (Lipinski definition) is 0. The van der Waals surface area contributed by atoms with E-state index < -0.39 is 31.3 Å². The summed E-state index contributed by atoms with van der Waals surface area (Å²) >= 11 is 0. The maximum Gasteiger partial charge on any atom is 0.182 e. The highest BCUT2D eigenvalue weighted by molar-refractivity contribution is 7.29. The Kier molecular flexibility index (Phi) is 7.40. The molecule has 0 amide bonds. The summed E-state index contributed by atoms with van der Waals surface area (Å²) in [5.74, 6) is -3.80. The van der Waals surface area contributed by atoms with Crippen LogP contribution in [-0.4, -0.2) is 8.07 Å². The highest BCUT2D eigenvalue weighted by Gasteiger charge is 2.53. The standard InChI is InChI=1S/C40H26F4Si/c41-33-23-21-29(25-35(33)43)39-37(27-13-5-1-6-14-27)38(28-15-7-2-8-16-28)40(30-22-24-34(42)36(44)26-30)45(39,31-17-9-3-10-18-31)32-19-11-4-12-20-32/h1-26H. The highest BCUT2D eigenvalue weighted by atomic mass is 28.3. The summed E-state index contributed by atoms with van der Waals surface area (Å²) in [5.41, 5.74) is 4.48. The molecule has 5 heteroatoms. The van der Waals surface area contributed by atoms with Gasteiger partial charge in [-0.3, -0.25) is 0 Å². The molecule has 0 spiro atoms. The Hall–Kier alpha value is -5.26. The summed E-state index contributed by atoms with van der Waals surface area (Å²) in [6.45, 7) is 0. The maximum atomic E-state index is 15.3. The molecule has 0 saturated heterocycles. The Morgan fingerprint density at radius 2 is 0.644 bits per heavy atom. The summed E-state index contributed by atoms with van der Waals surface area (Å²) in [7, 11) is -3.52. The first-order valence-corrected chi connectivity index (χ1v) is 16.6. The van der Waals surface area contributed by atoms with Gasteiger partial charge in [-0.1, -0.05) is 133 Å². The first-order chi connectivity index (χ1) is 22.0. The second kappa shape index (κ2) is 11.7. The van der Waals surface area contributed by atoms with Gasteiger partial charge in [0.25, 0.3) is 0 Å². The average Bonchev–Trinajstić information content (AvgIpc) is 3.42. The van der Waals surface area contributed by atoms with Gasteiger partial charge in [0, 0.05) is 0 Å². The van der Waals surface area contributed by atoms with Crippen LogP contribution in [0.5, 0.6) is 0 Å². The molecule has 7 rings (SSSR count). The van der Waals surface area contributed by atoms with Crippen molar-refractivity contribution in [3.8, 4) is 0 Å². The second-order valence-corrected chi connectivity index (χ2v) is 14.6. The molecule has 0 bridgehead atoms. The number of benzene rings is 6. The summed E-state index contributed by atoms with van der Waals surface area (Å²) in [6, 6.07) is 47.6. The molecule has 0 fully saturated rings. The lowest BCUT2D eigenvalue weighted by Gasteiger charge is -2.36. The third-order valence-corrected chi connectivity index (χ3v) is 13.4. The van der Waals surface area contributed by atoms with Crippen LogP contribution >= 0.6 is 0 Å². The number of allylic oxidation sites excluding steroid dienone is 2. The fraction of sp³-hybridized carbons (Fsp3) is 0. The van der Waals surface area contributed by atoms with Gasteiger partial charge in [0.15, 0.2) is 31.3 Å². The topological polar surface area (TPSA) is 0 Å². The Morgan fingerprint density at radius 3 is 0.978 bits per heavy atom. The van der Waals surface area contributed by atoms with E-state index in [4.69, 9.17) is 0 Å². The smallest absolute Gasteiger partial charge is 0.182 e. The zero-order valence-corrected chi connectivity index (χ0v) is 25.0. The normalized spacial score (nSPS) is 14.2. The van der Waals surface area contributed by atoms with Crippen molar-refractivity contribution >= 4 is 40.0 Å². The minimum absolute atomic E-state index is 0.526. The second-order valence-electron chi connectivity index (χ2n) is 11.0. The average molecular weight is 611 g/mol. The van der Waals surface area contributed by atoms with Gasteiger partial charge in [-0.05, 0) is 78.4 Å². The van der Waals surface area contributed by atoms with Crippen molar-refractivity contribution in [1.29, 1.82) is 0 Å². The van der Waals surface area contributed by atoms with Crippen LogP contribution in [0.2, 0.25) is 0 Å². The molecule has 218 valence electrons. The van der Waals surface area contributed by atoms with Crippen molar-refractivity contribution in [2.75, 3.05) is 0 Å². The SMILES string of the molecule is Fc1ccc(C2=C(c3ccccc3)C(c3ccccc3)=C(c3ccc(F)c(F)c3)[Si]2(c2ccccc2)c2ccccc2)cc1F. The maximum absolute atomic E-state index is 15.3. The molecule has 0 N–H and O–H groups in total. The molecule has 1 aliphatic rings. The minimum atomic E-state index is -3.52. The monoisotopic (exact) mass is 610 g/mol. The van der Waals surface area contributed by atoms with E-state index in [0.717, 1.165) is 55.2 Å². The molecular formula is C40H26F4Si. The molecule has 6 aromatic rings. The van der Waals surface area contributed by atoms with Crippen molar-refractivity contribution < 1.29 is 17.6 Å². The van der Waals surface area contributed by atoms with Crippen LogP contribution < -0.4 is 10.4 Å². The van der Waals surface area contributed by atoms with Crippen LogP contribution in [-0.2, 0) is 0 Å². The summed E-state index contributed by atoms with van der Waals surface area (Å²) < 4.78 is 59.6. The lowest BCUT2D eigenvalue weighted by atomic mass is 9.89.